The average Bonchev–Trinajstić information content (AvgIpc) is 3.40. The van der Waals surface area contributed by atoms with Gasteiger partial charge in [-0.05, 0) is 43.6 Å². The van der Waals surface area contributed by atoms with E-state index in [4.69, 9.17) is 21.3 Å². The number of hydrogen-bond donors (Lipinski definition) is 2. The Balaban J connectivity index is 0.00000117. The van der Waals surface area contributed by atoms with Gasteiger partial charge < -0.3 is 15.0 Å². The molecule has 1 saturated carbocycles. The number of ether oxygens (including phenoxy) is 1. The molecule has 0 amide bonds. The van der Waals surface area contributed by atoms with Crippen molar-refractivity contribution in [1.29, 1.82) is 0 Å². The monoisotopic (exact) mass is 485 g/mol. The molecule has 0 unspecified atom stereocenters. The molecule has 34 heavy (non-hydrogen) atoms. The van der Waals surface area contributed by atoms with Gasteiger partial charge in [0.1, 0.15) is 11.2 Å². The summed E-state index contributed by atoms with van der Waals surface area (Å²) in [6.45, 7) is 7.42. The van der Waals surface area contributed by atoms with E-state index in [0.29, 0.717) is 50.5 Å². The number of fused-ring (bicyclic) bond motifs is 1. The normalized spacial score (nSPS) is 19.4. The van der Waals surface area contributed by atoms with E-state index in [2.05, 4.69) is 25.4 Å². The van der Waals surface area contributed by atoms with Crippen LogP contribution in [0.15, 0.2) is 17.1 Å². The summed E-state index contributed by atoms with van der Waals surface area (Å²) in [6, 6.07) is 2.22. The van der Waals surface area contributed by atoms with Crippen molar-refractivity contribution in [2.75, 3.05) is 36.5 Å². The lowest BCUT2D eigenvalue weighted by Crippen LogP contribution is -2.43. The van der Waals surface area contributed by atoms with Gasteiger partial charge in [0.25, 0.3) is 5.56 Å². The Hall–Kier alpha value is -2.65. The summed E-state index contributed by atoms with van der Waals surface area (Å²) in [6.07, 6.45) is 7.16. The summed E-state index contributed by atoms with van der Waals surface area (Å²) >= 11 is 6.66. The molecule has 0 aromatic carbocycles. The standard InChI is InChI=1S/C22H26ClN7O2.C2H6/c1-29-20(31)15-17(14-4-8-24-19(16(14)23)25-13-2-3-13)27-28-18(15)26-21(29)30-9-5-22(6-10-30)7-11-32-12-22;1-2/h4,8,13H,2-3,5-7,9-12H2,1H3,(H,24,25)(H,27,28);1-2H3. The fourth-order valence-corrected chi connectivity index (χ4v) is 5.17. The highest BCUT2D eigenvalue weighted by Gasteiger charge is 2.39. The van der Waals surface area contributed by atoms with Crippen LogP contribution in [0.1, 0.15) is 46.0 Å². The summed E-state index contributed by atoms with van der Waals surface area (Å²) in [7, 11) is 1.78. The first-order valence-corrected chi connectivity index (χ1v) is 12.6. The molecule has 1 spiro atoms. The van der Waals surface area contributed by atoms with Gasteiger partial charge in [-0.2, -0.15) is 10.1 Å². The van der Waals surface area contributed by atoms with Gasteiger partial charge in [0.2, 0.25) is 5.95 Å². The summed E-state index contributed by atoms with van der Waals surface area (Å²) in [5.41, 5.74) is 1.84. The van der Waals surface area contributed by atoms with E-state index in [1.807, 2.05) is 13.8 Å². The highest BCUT2D eigenvalue weighted by atomic mass is 35.5. The zero-order valence-corrected chi connectivity index (χ0v) is 20.8. The zero-order chi connectivity index (χ0) is 23.9. The van der Waals surface area contributed by atoms with E-state index in [1.54, 1.807) is 23.9 Å². The molecule has 2 N–H and O–H groups in total. The lowest BCUT2D eigenvalue weighted by Gasteiger charge is -2.39. The Bertz CT molecular complexity index is 1230. The van der Waals surface area contributed by atoms with E-state index in [1.165, 1.54) is 0 Å². The molecule has 6 rings (SSSR count). The number of aromatic nitrogens is 5. The summed E-state index contributed by atoms with van der Waals surface area (Å²) < 4.78 is 7.27. The molecule has 2 aliphatic heterocycles. The van der Waals surface area contributed by atoms with Crippen LogP contribution in [0.2, 0.25) is 5.02 Å². The van der Waals surface area contributed by atoms with Crippen molar-refractivity contribution < 1.29 is 4.74 Å². The Morgan fingerprint density at radius 3 is 2.68 bits per heavy atom. The molecule has 0 bridgehead atoms. The third-order valence-electron chi connectivity index (χ3n) is 7.14. The molecule has 9 nitrogen and oxygen atoms in total. The largest absolute Gasteiger partial charge is 0.381 e. The topological polar surface area (TPSA) is 101 Å². The number of piperidine rings is 1. The quantitative estimate of drug-likeness (QED) is 0.576. The van der Waals surface area contributed by atoms with E-state index < -0.39 is 0 Å². The second-order valence-corrected chi connectivity index (χ2v) is 9.68. The predicted octanol–water partition coefficient (Wildman–Crippen LogP) is 3.98. The number of H-pyrrole nitrogens is 1. The third-order valence-corrected chi connectivity index (χ3v) is 7.52. The van der Waals surface area contributed by atoms with Gasteiger partial charge in [0, 0.05) is 44.5 Å². The molecule has 10 heteroatoms. The summed E-state index contributed by atoms with van der Waals surface area (Å²) in [5.74, 6) is 1.29. The minimum Gasteiger partial charge on any atom is -0.381 e. The minimum absolute atomic E-state index is 0.136. The Morgan fingerprint density at radius 1 is 1.24 bits per heavy atom. The number of hydrogen-bond acceptors (Lipinski definition) is 7. The van der Waals surface area contributed by atoms with Crippen LogP contribution in [0.5, 0.6) is 0 Å². The predicted molar refractivity (Wildman–Crippen MR) is 135 cm³/mol. The highest BCUT2D eigenvalue weighted by Crippen LogP contribution is 2.40. The molecule has 3 fully saturated rings. The maximum atomic E-state index is 13.4. The molecular formula is C24H32ClN7O2. The summed E-state index contributed by atoms with van der Waals surface area (Å²) in [4.78, 5) is 24.7. The third kappa shape index (κ3) is 4.05. The van der Waals surface area contributed by atoms with Gasteiger partial charge in [-0.25, -0.2) is 4.98 Å². The number of rotatable bonds is 4. The van der Waals surface area contributed by atoms with Crippen molar-refractivity contribution in [3.05, 3.63) is 27.6 Å². The van der Waals surface area contributed by atoms with Gasteiger partial charge in [-0.1, -0.05) is 25.4 Å². The fourth-order valence-electron chi connectivity index (χ4n) is 4.91. The first kappa shape index (κ1) is 23.1. The van der Waals surface area contributed by atoms with Gasteiger partial charge in [0.05, 0.1) is 17.3 Å². The van der Waals surface area contributed by atoms with E-state index in [0.717, 1.165) is 58.4 Å². The maximum absolute atomic E-state index is 13.4. The molecule has 182 valence electrons. The molecular weight excluding hydrogens is 454 g/mol. The Labute approximate surface area is 203 Å². The van der Waals surface area contributed by atoms with E-state index in [-0.39, 0.29) is 5.56 Å². The van der Waals surface area contributed by atoms with Crippen LogP contribution >= 0.6 is 11.6 Å². The Kier molecular flexibility index (Phi) is 6.24. The van der Waals surface area contributed by atoms with Crippen molar-refractivity contribution >= 4 is 34.4 Å². The Morgan fingerprint density at radius 2 is 2.00 bits per heavy atom. The van der Waals surface area contributed by atoms with Gasteiger partial charge in [-0.3, -0.25) is 14.5 Å². The van der Waals surface area contributed by atoms with Gasteiger partial charge >= 0.3 is 0 Å². The first-order chi connectivity index (χ1) is 16.5. The van der Waals surface area contributed by atoms with Crippen LogP contribution in [-0.4, -0.2) is 57.1 Å². The van der Waals surface area contributed by atoms with Crippen LogP contribution in [0.4, 0.5) is 11.8 Å². The number of nitrogens with zero attached hydrogens (tertiary/aromatic N) is 5. The van der Waals surface area contributed by atoms with Crippen molar-refractivity contribution in [3.63, 3.8) is 0 Å². The second-order valence-electron chi connectivity index (χ2n) is 9.30. The average molecular weight is 486 g/mol. The van der Waals surface area contributed by atoms with Gasteiger partial charge in [-0.15, -0.1) is 0 Å². The lowest BCUT2D eigenvalue weighted by atomic mass is 9.78. The molecule has 0 radical (unpaired) electrons. The number of anilines is 2. The molecule has 1 aliphatic carbocycles. The second kappa shape index (κ2) is 9.19. The van der Waals surface area contributed by atoms with Gasteiger partial charge in [0.15, 0.2) is 5.65 Å². The minimum atomic E-state index is -0.136. The number of aromatic amines is 1. The van der Waals surface area contributed by atoms with Crippen LogP contribution in [-0.2, 0) is 11.8 Å². The highest BCUT2D eigenvalue weighted by molar-refractivity contribution is 6.36. The van der Waals surface area contributed by atoms with Crippen molar-refractivity contribution in [2.45, 2.75) is 52.0 Å². The fraction of sp³-hybridized carbons (Fsp3) is 0.583. The SMILES string of the molecule is CC.Cn1c(N2CCC3(CCOC3)CC2)nc2n[nH]c(-c3ccnc(NC4CC4)c3Cl)c2c1=O. The lowest BCUT2D eigenvalue weighted by molar-refractivity contribution is 0.133. The maximum Gasteiger partial charge on any atom is 0.266 e. The molecule has 2 saturated heterocycles. The number of pyridine rings is 1. The molecule has 3 aromatic heterocycles. The van der Waals surface area contributed by atoms with Crippen molar-refractivity contribution in [1.82, 2.24) is 24.7 Å². The zero-order valence-electron chi connectivity index (χ0n) is 20.0. The number of nitrogens with one attached hydrogen (secondary N) is 2. The smallest absolute Gasteiger partial charge is 0.266 e. The van der Waals surface area contributed by atoms with Crippen molar-refractivity contribution in [2.24, 2.45) is 12.5 Å². The van der Waals surface area contributed by atoms with Crippen LogP contribution in [0, 0.1) is 5.41 Å². The molecule has 0 atom stereocenters. The van der Waals surface area contributed by atoms with Crippen LogP contribution in [0.3, 0.4) is 0 Å². The van der Waals surface area contributed by atoms with Crippen LogP contribution < -0.4 is 15.8 Å². The number of halogens is 1. The molecule has 5 heterocycles. The van der Waals surface area contributed by atoms with E-state index in [9.17, 15) is 4.79 Å². The first-order valence-electron chi connectivity index (χ1n) is 12.2. The summed E-state index contributed by atoms with van der Waals surface area (Å²) in [5, 5.41) is 11.6. The molecule has 3 aromatic rings. The molecule has 3 aliphatic rings. The van der Waals surface area contributed by atoms with Crippen molar-refractivity contribution in [3.8, 4) is 11.3 Å². The van der Waals surface area contributed by atoms with Crippen LogP contribution in [0.25, 0.3) is 22.3 Å². The van der Waals surface area contributed by atoms with E-state index >= 15 is 0 Å².